The number of amides is 2. The second kappa shape index (κ2) is 8.85. The Morgan fingerprint density at radius 2 is 1.81 bits per heavy atom. The highest BCUT2D eigenvalue weighted by atomic mass is 32.1. The molecule has 0 fully saturated rings. The number of hydrogen-bond donors (Lipinski definition) is 2. The Kier molecular flexibility index (Phi) is 5.81. The highest BCUT2D eigenvalue weighted by molar-refractivity contribution is 7.20. The SMILES string of the molecule is COc1cccc(C(=O)Nc2nc(-c3ccc(C)cc3)c(NC(=O)c3ccco3)s2)c1. The summed E-state index contributed by atoms with van der Waals surface area (Å²) in [5.74, 6) is 0.0449. The van der Waals surface area contributed by atoms with Gasteiger partial charge in [-0.2, -0.15) is 0 Å². The Morgan fingerprint density at radius 1 is 1.00 bits per heavy atom. The molecule has 0 unspecified atom stereocenters. The summed E-state index contributed by atoms with van der Waals surface area (Å²) in [6.07, 6.45) is 1.43. The summed E-state index contributed by atoms with van der Waals surface area (Å²) in [7, 11) is 1.54. The maximum atomic E-state index is 12.7. The molecule has 0 radical (unpaired) electrons. The van der Waals surface area contributed by atoms with Gasteiger partial charge in [-0.3, -0.25) is 14.9 Å². The summed E-state index contributed by atoms with van der Waals surface area (Å²) in [6, 6.07) is 17.8. The van der Waals surface area contributed by atoms with Gasteiger partial charge in [0.25, 0.3) is 11.8 Å². The third kappa shape index (κ3) is 4.65. The van der Waals surface area contributed by atoms with Gasteiger partial charge >= 0.3 is 0 Å². The van der Waals surface area contributed by atoms with Crippen molar-refractivity contribution in [2.45, 2.75) is 6.92 Å². The van der Waals surface area contributed by atoms with E-state index < -0.39 is 5.91 Å². The Hall–Kier alpha value is -3.91. The predicted molar refractivity (Wildman–Crippen MR) is 120 cm³/mol. The summed E-state index contributed by atoms with van der Waals surface area (Å²) >= 11 is 1.17. The van der Waals surface area contributed by atoms with E-state index in [-0.39, 0.29) is 11.7 Å². The number of aryl methyl sites for hydroxylation is 1. The number of benzene rings is 2. The fourth-order valence-corrected chi connectivity index (χ4v) is 3.75. The summed E-state index contributed by atoms with van der Waals surface area (Å²) in [6.45, 7) is 1.99. The fraction of sp³-hybridized carbons (Fsp3) is 0.0870. The van der Waals surface area contributed by atoms with Crippen LogP contribution in [-0.2, 0) is 0 Å². The quantitative estimate of drug-likeness (QED) is 0.435. The molecule has 8 heteroatoms. The van der Waals surface area contributed by atoms with Crippen LogP contribution in [0.4, 0.5) is 10.1 Å². The second-order valence-corrected chi connectivity index (χ2v) is 7.68. The highest BCUT2D eigenvalue weighted by Gasteiger charge is 2.19. The average Bonchev–Trinajstić information content (AvgIpc) is 3.45. The van der Waals surface area contributed by atoms with E-state index in [1.54, 1.807) is 43.5 Å². The van der Waals surface area contributed by atoms with Crippen molar-refractivity contribution in [1.82, 2.24) is 4.98 Å². The van der Waals surface area contributed by atoms with Crippen LogP contribution in [0.15, 0.2) is 71.3 Å². The molecular weight excluding hydrogens is 414 g/mol. The monoisotopic (exact) mass is 433 g/mol. The molecule has 2 amide bonds. The van der Waals surface area contributed by atoms with Crippen molar-refractivity contribution in [2.75, 3.05) is 17.7 Å². The lowest BCUT2D eigenvalue weighted by atomic mass is 10.1. The summed E-state index contributed by atoms with van der Waals surface area (Å²) in [5, 5.41) is 6.49. The van der Waals surface area contributed by atoms with Gasteiger partial charge in [0.15, 0.2) is 10.9 Å². The van der Waals surface area contributed by atoms with Gasteiger partial charge in [-0.15, -0.1) is 0 Å². The Labute approximate surface area is 182 Å². The van der Waals surface area contributed by atoms with E-state index >= 15 is 0 Å². The van der Waals surface area contributed by atoms with E-state index in [2.05, 4.69) is 15.6 Å². The van der Waals surface area contributed by atoms with Crippen LogP contribution in [0.1, 0.15) is 26.5 Å². The van der Waals surface area contributed by atoms with Crippen molar-refractivity contribution in [2.24, 2.45) is 0 Å². The lowest BCUT2D eigenvalue weighted by molar-refractivity contribution is 0.0995. The number of methoxy groups -OCH3 is 1. The van der Waals surface area contributed by atoms with Crippen LogP contribution in [0.3, 0.4) is 0 Å². The van der Waals surface area contributed by atoms with Crippen molar-refractivity contribution < 1.29 is 18.7 Å². The number of nitrogens with zero attached hydrogens (tertiary/aromatic N) is 1. The third-order valence-corrected chi connectivity index (χ3v) is 5.36. The van der Waals surface area contributed by atoms with E-state index in [0.717, 1.165) is 11.1 Å². The average molecular weight is 433 g/mol. The molecule has 0 saturated heterocycles. The topological polar surface area (TPSA) is 93.5 Å². The van der Waals surface area contributed by atoms with Crippen LogP contribution in [-0.4, -0.2) is 23.9 Å². The first-order valence-electron chi connectivity index (χ1n) is 9.41. The van der Waals surface area contributed by atoms with E-state index in [0.29, 0.717) is 27.1 Å². The molecule has 31 heavy (non-hydrogen) atoms. The number of hydrogen-bond acceptors (Lipinski definition) is 6. The number of anilines is 2. The maximum Gasteiger partial charge on any atom is 0.292 e. The van der Waals surface area contributed by atoms with Crippen molar-refractivity contribution in [3.63, 3.8) is 0 Å². The van der Waals surface area contributed by atoms with Gasteiger partial charge in [0, 0.05) is 11.1 Å². The molecule has 7 nitrogen and oxygen atoms in total. The van der Waals surface area contributed by atoms with Crippen molar-refractivity contribution in [3.05, 3.63) is 83.8 Å². The van der Waals surface area contributed by atoms with Gasteiger partial charge in [-0.05, 0) is 37.3 Å². The van der Waals surface area contributed by atoms with Crippen LogP contribution < -0.4 is 15.4 Å². The van der Waals surface area contributed by atoms with Gasteiger partial charge in [0.05, 0.1) is 13.4 Å². The predicted octanol–water partition coefficient (Wildman–Crippen LogP) is 5.22. The molecule has 156 valence electrons. The van der Waals surface area contributed by atoms with Gasteiger partial charge < -0.3 is 14.5 Å². The number of ether oxygens (including phenoxy) is 1. The molecule has 4 rings (SSSR count). The summed E-state index contributed by atoms with van der Waals surface area (Å²) < 4.78 is 10.3. The number of thiazole rings is 1. The third-order valence-electron chi connectivity index (χ3n) is 4.48. The zero-order valence-electron chi connectivity index (χ0n) is 16.8. The minimum atomic E-state index is -0.396. The Morgan fingerprint density at radius 3 is 2.52 bits per heavy atom. The Balaban J connectivity index is 1.64. The molecule has 2 N–H and O–H groups in total. The van der Waals surface area contributed by atoms with E-state index in [4.69, 9.17) is 9.15 Å². The molecule has 4 aromatic rings. The maximum absolute atomic E-state index is 12.7. The zero-order chi connectivity index (χ0) is 21.8. The zero-order valence-corrected chi connectivity index (χ0v) is 17.7. The number of furan rings is 1. The molecule has 0 spiro atoms. The molecule has 0 bridgehead atoms. The molecule has 0 aliphatic carbocycles. The molecule has 2 aromatic heterocycles. The largest absolute Gasteiger partial charge is 0.497 e. The van der Waals surface area contributed by atoms with Gasteiger partial charge in [0.2, 0.25) is 0 Å². The molecule has 0 aliphatic rings. The molecule has 2 heterocycles. The van der Waals surface area contributed by atoms with Crippen molar-refractivity contribution in [1.29, 1.82) is 0 Å². The number of carbonyl (C=O) groups excluding carboxylic acids is 2. The van der Waals surface area contributed by atoms with Gasteiger partial charge in [0.1, 0.15) is 16.4 Å². The van der Waals surface area contributed by atoms with E-state index in [1.807, 2.05) is 31.2 Å². The molecule has 0 saturated carbocycles. The standard InChI is InChI=1S/C23H19N3O4S/c1-14-8-10-15(11-9-14)19-22(25-21(28)18-7-4-12-30-18)31-23(24-19)26-20(27)16-5-3-6-17(13-16)29-2/h3-13H,1-2H3,(H,25,28)(H,24,26,27). The van der Waals surface area contributed by atoms with Crippen LogP contribution in [0.25, 0.3) is 11.3 Å². The number of carbonyl (C=O) groups is 2. The molecule has 0 aliphatic heterocycles. The highest BCUT2D eigenvalue weighted by Crippen LogP contribution is 2.36. The minimum absolute atomic E-state index is 0.185. The fourth-order valence-electron chi connectivity index (χ4n) is 2.87. The smallest absolute Gasteiger partial charge is 0.292 e. The van der Waals surface area contributed by atoms with E-state index in [9.17, 15) is 9.59 Å². The van der Waals surface area contributed by atoms with Gasteiger partial charge in [-0.25, -0.2) is 4.98 Å². The summed E-state index contributed by atoms with van der Waals surface area (Å²) in [5.41, 5.74) is 2.92. The first-order chi connectivity index (χ1) is 15.0. The van der Waals surface area contributed by atoms with E-state index in [1.165, 1.54) is 17.6 Å². The summed E-state index contributed by atoms with van der Waals surface area (Å²) in [4.78, 5) is 29.8. The lowest BCUT2D eigenvalue weighted by Crippen LogP contribution is -2.11. The molecular formula is C23H19N3O4S. The molecule has 0 atom stereocenters. The lowest BCUT2D eigenvalue weighted by Gasteiger charge is -2.04. The first kappa shape index (κ1) is 20.4. The number of rotatable bonds is 6. The minimum Gasteiger partial charge on any atom is -0.497 e. The van der Waals surface area contributed by atoms with Crippen molar-refractivity contribution in [3.8, 4) is 17.0 Å². The van der Waals surface area contributed by atoms with Crippen LogP contribution in [0, 0.1) is 6.92 Å². The molecule has 2 aromatic carbocycles. The number of aromatic nitrogens is 1. The van der Waals surface area contributed by atoms with Crippen LogP contribution in [0.5, 0.6) is 5.75 Å². The first-order valence-corrected chi connectivity index (χ1v) is 10.2. The van der Waals surface area contributed by atoms with Crippen LogP contribution in [0.2, 0.25) is 0 Å². The Bertz CT molecular complexity index is 1210. The van der Waals surface area contributed by atoms with Crippen LogP contribution >= 0.6 is 11.3 Å². The second-order valence-electron chi connectivity index (χ2n) is 6.68. The van der Waals surface area contributed by atoms with Crippen molar-refractivity contribution >= 4 is 33.3 Å². The normalized spacial score (nSPS) is 10.5. The van der Waals surface area contributed by atoms with Gasteiger partial charge in [-0.1, -0.05) is 47.2 Å². The number of nitrogens with one attached hydrogen (secondary N) is 2.